The maximum Gasteiger partial charge on any atom is 0.229 e. The molecule has 1 N–H and O–H groups in total. The van der Waals surface area contributed by atoms with Crippen molar-refractivity contribution in [2.24, 2.45) is 11.8 Å². The van der Waals surface area contributed by atoms with Crippen LogP contribution in [0.4, 0.5) is 5.69 Å². The molecule has 144 valence electrons. The van der Waals surface area contributed by atoms with E-state index in [-0.39, 0.29) is 35.6 Å². The first kappa shape index (κ1) is 19.2. The predicted molar refractivity (Wildman–Crippen MR) is 102 cm³/mol. The van der Waals surface area contributed by atoms with E-state index < -0.39 is 10.0 Å². The molecule has 3 aliphatic rings. The SMILES string of the molecule is CCS(=O)(=O)N1C[C@H]2CC[C@@H]1[C@H](C(=O)Nc1ccc(OC(C)C)cc1)C2. The van der Waals surface area contributed by atoms with Gasteiger partial charge >= 0.3 is 0 Å². The number of anilines is 1. The molecule has 3 fully saturated rings. The second-order valence-corrected chi connectivity index (χ2v) is 9.71. The zero-order valence-electron chi connectivity index (χ0n) is 15.6. The first-order valence-electron chi connectivity index (χ1n) is 9.37. The lowest BCUT2D eigenvalue weighted by Gasteiger charge is -2.48. The average Bonchev–Trinajstić information content (AvgIpc) is 2.63. The number of carbonyl (C=O) groups is 1. The minimum atomic E-state index is -3.27. The molecule has 2 bridgehead atoms. The quantitative estimate of drug-likeness (QED) is 0.823. The van der Waals surface area contributed by atoms with Gasteiger partial charge in [-0.25, -0.2) is 8.42 Å². The largest absolute Gasteiger partial charge is 0.491 e. The third kappa shape index (κ3) is 4.04. The Labute approximate surface area is 156 Å². The van der Waals surface area contributed by atoms with Crippen LogP contribution in [0.2, 0.25) is 0 Å². The van der Waals surface area contributed by atoms with Crippen molar-refractivity contribution in [3.63, 3.8) is 0 Å². The standard InChI is InChI=1S/C19H28N2O4S/c1-4-26(23,24)21-12-14-5-10-18(21)17(11-14)19(22)20-15-6-8-16(9-7-15)25-13(2)3/h6-9,13-14,17-18H,4-5,10-12H2,1-3H3,(H,20,22)/t14-,17+,18+/m0/s1. The third-order valence-electron chi connectivity index (χ3n) is 5.28. The first-order chi connectivity index (χ1) is 12.3. The highest BCUT2D eigenvalue weighted by atomic mass is 32.2. The number of rotatable bonds is 6. The zero-order chi connectivity index (χ0) is 18.9. The maximum atomic E-state index is 12.8. The number of carbonyl (C=O) groups excluding carboxylic acids is 1. The molecule has 1 saturated carbocycles. The van der Waals surface area contributed by atoms with Gasteiger partial charge in [-0.2, -0.15) is 4.31 Å². The van der Waals surface area contributed by atoms with Gasteiger partial charge in [0.1, 0.15) is 5.75 Å². The fraction of sp³-hybridized carbons (Fsp3) is 0.632. The van der Waals surface area contributed by atoms with Gasteiger partial charge in [0.25, 0.3) is 0 Å². The van der Waals surface area contributed by atoms with Crippen LogP contribution in [0.5, 0.6) is 5.75 Å². The molecule has 7 heteroatoms. The van der Waals surface area contributed by atoms with Gasteiger partial charge in [-0.3, -0.25) is 4.79 Å². The summed E-state index contributed by atoms with van der Waals surface area (Å²) in [5.74, 6) is 0.750. The Morgan fingerprint density at radius 1 is 1.27 bits per heavy atom. The van der Waals surface area contributed by atoms with Crippen molar-refractivity contribution in [3.05, 3.63) is 24.3 Å². The summed E-state index contributed by atoms with van der Waals surface area (Å²) in [5.41, 5.74) is 0.706. The highest BCUT2D eigenvalue weighted by Gasteiger charge is 2.47. The van der Waals surface area contributed by atoms with Crippen molar-refractivity contribution >= 4 is 21.6 Å². The van der Waals surface area contributed by atoms with Gasteiger partial charge < -0.3 is 10.1 Å². The topological polar surface area (TPSA) is 75.7 Å². The molecule has 2 heterocycles. The van der Waals surface area contributed by atoms with Crippen LogP contribution in [0.15, 0.2) is 24.3 Å². The lowest BCUT2D eigenvalue weighted by molar-refractivity contribution is -0.125. The molecule has 0 unspecified atom stereocenters. The smallest absolute Gasteiger partial charge is 0.229 e. The van der Waals surface area contributed by atoms with Crippen LogP contribution in [0.3, 0.4) is 0 Å². The first-order valence-corrected chi connectivity index (χ1v) is 11.0. The van der Waals surface area contributed by atoms with E-state index in [1.807, 2.05) is 38.1 Å². The van der Waals surface area contributed by atoms with E-state index in [4.69, 9.17) is 4.74 Å². The molecule has 1 amide bonds. The fourth-order valence-electron chi connectivity index (χ4n) is 4.03. The summed E-state index contributed by atoms with van der Waals surface area (Å²) in [6, 6.07) is 7.08. The van der Waals surface area contributed by atoms with Gasteiger partial charge in [0.2, 0.25) is 15.9 Å². The van der Waals surface area contributed by atoms with E-state index in [1.165, 1.54) is 0 Å². The van der Waals surface area contributed by atoms with Gasteiger partial charge in [-0.1, -0.05) is 0 Å². The Morgan fingerprint density at radius 3 is 2.54 bits per heavy atom. The third-order valence-corrected chi connectivity index (χ3v) is 7.15. The summed E-state index contributed by atoms with van der Waals surface area (Å²) < 4.78 is 31.9. The zero-order valence-corrected chi connectivity index (χ0v) is 16.5. The molecule has 4 rings (SSSR count). The van der Waals surface area contributed by atoms with Crippen LogP contribution < -0.4 is 10.1 Å². The van der Waals surface area contributed by atoms with E-state index in [0.29, 0.717) is 12.2 Å². The molecule has 1 aromatic carbocycles. The average molecular weight is 381 g/mol. The summed E-state index contributed by atoms with van der Waals surface area (Å²) in [7, 11) is -3.27. The van der Waals surface area contributed by atoms with Crippen molar-refractivity contribution in [1.82, 2.24) is 4.31 Å². The molecular weight excluding hydrogens is 352 g/mol. The molecule has 0 spiro atoms. The van der Waals surface area contributed by atoms with E-state index in [9.17, 15) is 13.2 Å². The number of benzene rings is 1. The van der Waals surface area contributed by atoms with Gasteiger partial charge in [-0.05, 0) is 70.2 Å². The van der Waals surface area contributed by atoms with E-state index in [0.717, 1.165) is 25.0 Å². The van der Waals surface area contributed by atoms with Crippen molar-refractivity contribution < 1.29 is 17.9 Å². The molecule has 3 atom stereocenters. The minimum absolute atomic E-state index is 0.0852. The van der Waals surface area contributed by atoms with Crippen LogP contribution in [0.1, 0.15) is 40.0 Å². The van der Waals surface area contributed by atoms with Crippen LogP contribution in [-0.2, 0) is 14.8 Å². The van der Waals surface area contributed by atoms with Crippen molar-refractivity contribution in [1.29, 1.82) is 0 Å². The fourth-order valence-corrected chi connectivity index (χ4v) is 5.47. The molecule has 2 saturated heterocycles. The van der Waals surface area contributed by atoms with Crippen LogP contribution in [0, 0.1) is 11.8 Å². The number of hydrogen-bond donors (Lipinski definition) is 1. The molecule has 2 aliphatic heterocycles. The number of piperidine rings is 2. The summed E-state index contributed by atoms with van der Waals surface area (Å²) in [4.78, 5) is 12.8. The highest BCUT2D eigenvalue weighted by Crippen LogP contribution is 2.41. The van der Waals surface area contributed by atoms with E-state index >= 15 is 0 Å². The predicted octanol–water partition coefficient (Wildman–Crippen LogP) is 2.86. The highest BCUT2D eigenvalue weighted by molar-refractivity contribution is 7.89. The minimum Gasteiger partial charge on any atom is -0.491 e. The number of ether oxygens (including phenoxy) is 1. The number of fused-ring (bicyclic) bond motifs is 3. The molecule has 26 heavy (non-hydrogen) atoms. The molecule has 6 nitrogen and oxygen atoms in total. The molecule has 1 aliphatic carbocycles. The Balaban J connectivity index is 1.69. The summed E-state index contributed by atoms with van der Waals surface area (Å²) in [6.07, 6.45) is 2.63. The summed E-state index contributed by atoms with van der Waals surface area (Å²) in [5, 5.41) is 2.95. The Bertz CT molecular complexity index is 745. The van der Waals surface area contributed by atoms with E-state index in [1.54, 1.807) is 11.2 Å². The van der Waals surface area contributed by atoms with Crippen LogP contribution in [0.25, 0.3) is 0 Å². The van der Waals surface area contributed by atoms with Crippen LogP contribution in [-0.4, -0.2) is 43.1 Å². The number of nitrogens with zero attached hydrogens (tertiary/aromatic N) is 1. The Hall–Kier alpha value is -1.60. The van der Waals surface area contributed by atoms with Gasteiger partial charge in [0.05, 0.1) is 17.8 Å². The van der Waals surface area contributed by atoms with Gasteiger partial charge in [0.15, 0.2) is 0 Å². The second-order valence-electron chi connectivity index (χ2n) is 7.50. The van der Waals surface area contributed by atoms with E-state index in [2.05, 4.69) is 5.32 Å². The maximum absolute atomic E-state index is 12.8. The van der Waals surface area contributed by atoms with Crippen LogP contribution >= 0.6 is 0 Å². The molecule has 1 aromatic rings. The number of amides is 1. The lowest BCUT2D eigenvalue weighted by Crippen LogP contribution is -2.58. The normalized spacial score (nSPS) is 26.1. The van der Waals surface area contributed by atoms with Crippen molar-refractivity contribution in [3.8, 4) is 5.75 Å². The Morgan fingerprint density at radius 2 is 1.96 bits per heavy atom. The Kier molecular flexibility index (Phi) is 5.58. The van der Waals surface area contributed by atoms with Crippen molar-refractivity contribution in [2.75, 3.05) is 17.6 Å². The number of sulfonamides is 1. The molecule has 0 radical (unpaired) electrons. The van der Waals surface area contributed by atoms with Crippen molar-refractivity contribution in [2.45, 2.75) is 52.2 Å². The monoisotopic (exact) mass is 380 g/mol. The number of hydrogen-bond acceptors (Lipinski definition) is 4. The summed E-state index contributed by atoms with van der Waals surface area (Å²) in [6.45, 7) is 6.15. The van der Waals surface area contributed by atoms with Gasteiger partial charge in [0, 0.05) is 18.3 Å². The molecule has 0 aromatic heterocycles. The lowest BCUT2D eigenvalue weighted by atomic mass is 9.73. The second kappa shape index (κ2) is 7.56. The van der Waals surface area contributed by atoms with Gasteiger partial charge in [-0.15, -0.1) is 0 Å². The summed E-state index contributed by atoms with van der Waals surface area (Å²) >= 11 is 0. The molecular formula is C19H28N2O4S. The number of nitrogens with one attached hydrogen (secondary N) is 1.